The molecule has 0 saturated heterocycles. The first-order valence-corrected chi connectivity index (χ1v) is 8.84. The predicted molar refractivity (Wildman–Crippen MR) is 106 cm³/mol. The van der Waals surface area contributed by atoms with E-state index in [2.05, 4.69) is 10.6 Å². The molecule has 0 aliphatic rings. The lowest BCUT2D eigenvalue weighted by Gasteiger charge is -2.15. The standard InChI is InChI=1S/C22H21FN2O3/c1-15-7-6-8-16(13-15)28-21-12-5-4-11-19(21)25-22(27)24-14-20(26)17-9-2-3-10-18(17)23/h2-13,20,26H,14H2,1H3,(H2,24,25,27). The molecular weight excluding hydrogens is 359 g/mol. The molecule has 0 saturated carbocycles. The Morgan fingerprint density at radius 3 is 2.61 bits per heavy atom. The van der Waals surface area contributed by atoms with E-state index in [4.69, 9.17) is 4.74 Å². The van der Waals surface area contributed by atoms with E-state index in [-0.39, 0.29) is 12.1 Å². The van der Waals surface area contributed by atoms with Crippen LogP contribution in [-0.2, 0) is 0 Å². The maximum atomic E-state index is 13.7. The number of halogens is 1. The van der Waals surface area contributed by atoms with E-state index in [0.29, 0.717) is 17.2 Å². The van der Waals surface area contributed by atoms with Crippen molar-refractivity contribution in [2.75, 3.05) is 11.9 Å². The zero-order chi connectivity index (χ0) is 19.9. The lowest BCUT2D eigenvalue weighted by Crippen LogP contribution is -2.32. The first-order chi connectivity index (χ1) is 13.5. The quantitative estimate of drug-likeness (QED) is 0.576. The van der Waals surface area contributed by atoms with Gasteiger partial charge in [0, 0.05) is 12.1 Å². The second kappa shape index (κ2) is 9.01. The average molecular weight is 380 g/mol. The van der Waals surface area contributed by atoms with Crippen molar-refractivity contribution in [1.82, 2.24) is 5.32 Å². The zero-order valence-electron chi connectivity index (χ0n) is 15.4. The van der Waals surface area contributed by atoms with Crippen LogP contribution < -0.4 is 15.4 Å². The van der Waals surface area contributed by atoms with E-state index >= 15 is 0 Å². The molecule has 3 rings (SSSR count). The number of nitrogens with one attached hydrogen (secondary N) is 2. The van der Waals surface area contributed by atoms with Gasteiger partial charge < -0.3 is 20.5 Å². The number of urea groups is 1. The van der Waals surface area contributed by atoms with Crippen molar-refractivity contribution < 1.29 is 19.0 Å². The topological polar surface area (TPSA) is 70.6 Å². The highest BCUT2D eigenvalue weighted by Crippen LogP contribution is 2.29. The van der Waals surface area contributed by atoms with Gasteiger partial charge in [-0.15, -0.1) is 0 Å². The molecule has 28 heavy (non-hydrogen) atoms. The van der Waals surface area contributed by atoms with Gasteiger partial charge in [-0.05, 0) is 42.8 Å². The highest BCUT2D eigenvalue weighted by molar-refractivity contribution is 5.91. The van der Waals surface area contributed by atoms with E-state index < -0.39 is 18.0 Å². The Hall–Kier alpha value is -3.38. The first kappa shape index (κ1) is 19.4. The summed E-state index contributed by atoms with van der Waals surface area (Å²) >= 11 is 0. The Kier molecular flexibility index (Phi) is 6.24. The number of aryl methyl sites for hydroxylation is 1. The van der Waals surface area contributed by atoms with Gasteiger partial charge in [-0.2, -0.15) is 0 Å². The van der Waals surface area contributed by atoms with Crippen molar-refractivity contribution in [1.29, 1.82) is 0 Å². The second-order valence-electron chi connectivity index (χ2n) is 6.29. The molecule has 6 heteroatoms. The molecule has 5 nitrogen and oxygen atoms in total. The SMILES string of the molecule is Cc1cccc(Oc2ccccc2NC(=O)NCC(O)c2ccccc2F)c1. The minimum absolute atomic E-state index is 0.131. The van der Waals surface area contributed by atoms with Crippen LogP contribution in [0.25, 0.3) is 0 Å². The lowest BCUT2D eigenvalue weighted by atomic mass is 10.1. The smallest absolute Gasteiger partial charge is 0.319 e. The number of aliphatic hydroxyl groups excluding tert-OH is 1. The Morgan fingerprint density at radius 1 is 1.07 bits per heavy atom. The number of aliphatic hydroxyl groups is 1. The molecule has 2 amide bonds. The molecule has 3 aromatic carbocycles. The van der Waals surface area contributed by atoms with Gasteiger partial charge in [0.15, 0.2) is 5.75 Å². The number of rotatable bonds is 6. The van der Waals surface area contributed by atoms with E-state index in [0.717, 1.165) is 5.56 Å². The summed E-state index contributed by atoms with van der Waals surface area (Å²) in [5.41, 5.74) is 1.66. The molecule has 1 atom stereocenters. The van der Waals surface area contributed by atoms with Gasteiger partial charge in [0.2, 0.25) is 0 Å². The number of carbonyl (C=O) groups is 1. The number of anilines is 1. The van der Waals surface area contributed by atoms with Crippen LogP contribution in [0.2, 0.25) is 0 Å². The fourth-order valence-corrected chi connectivity index (χ4v) is 2.68. The molecule has 3 aromatic rings. The number of para-hydroxylation sites is 2. The summed E-state index contributed by atoms with van der Waals surface area (Å²) in [4.78, 5) is 12.2. The van der Waals surface area contributed by atoms with Gasteiger partial charge in [0.05, 0.1) is 11.8 Å². The van der Waals surface area contributed by atoms with Crippen LogP contribution in [0.5, 0.6) is 11.5 Å². The number of hydrogen-bond donors (Lipinski definition) is 3. The summed E-state index contributed by atoms with van der Waals surface area (Å²) in [5.74, 6) is 0.622. The predicted octanol–water partition coefficient (Wildman–Crippen LogP) is 4.78. The van der Waals surface area contributed by atoms with Gasteiger partial charge in [-0.3, -0.25) is 0 Å². The minimum atomic E-state index is -1.15. The number of ether oxygens (including phenoxy) is 1. The van der Waals surface area contributed by atoms with Crippen LogP contribution in [0.3, 0.4) is 0 Å². The molecule has 0 fully saturated rings. The van der Waals surface area contributed by atoms with Crippen molar-refractivity contribution in [3.05, 3.63) is 89.7 Å². The number of hydrogen-bond acceptors (Lipinski definition) is 3. The summed E-state index contributed by atoms with van der Waals surface area (Å²) in [6.45, 7) is 1.83. The van der Waals surface area contributed by atoms with Crippen molar-refractivity contribution in [3.8, 4) is 11.5 Å². The first-order valence-electron chi connectivity index (χ1n) is 8.84. The molecular formula is C22H21FN2O3. The van der Waals surface area contributed by atoms with Crippen molar-refractivity contribution in [3.63, 3.8) is 0 Å². The van der Waals surface area contributed by atoms with Crippen LogP contribution >= 0.6 is 0 Å². The van der Waals surface area contributed by atoms with E-state index in [1.54, 1.807) is 30.3 Å². The molecule has 0 spiro atoms. The Balaban J connectivity index is 1.62. The Bertz CT molecular complexity index is 962. The average Bonchev–Trinajstić information content (AvgIpc) is 2.68. The molecule has 3 N–H and O–H groups in total. The lowest BCUT2D eigenvalue weighted by molar-refractivity contribution is 0.170. The van der Waals surface area contributed by atoms with Crippen LogP contribution in [0.4, 0.5) is 14.9 Å². The van der Waals surface area contributed by atoms with E-state index in [1.165, 1.54) is 18.2 Å². The number of benzene rings is 3. The summed E-state index contributed by atoms with van der Waals surface area (Å²) < 4.78 is 19.6. The third-order valence-corrected chi connectivity index (χ3v) is 4.07. The minimum Gasteiger partial charge on any atom is -0.455 e. The monoisotopic (exact) mass is 380 g/mol. The van der Waals surface area contributed by atoms with Crippen molar-refractivity contribution in [2.45, 2.75) is 13.0 Å². The number of carbonyl (C=O) groups excluding carboxylic acids is 1. The third-order valence-electron chi connectivity index (χ3n) is 4.07. The normalized spacial score (nSPS) is 11.5. The van der Waals surface area contributed by atoms with Crippen LogP contribution in [0, 0.1) is 12.7 Å². The maximum absolute atomic E-state index is 13.7. The van der Waals surface area contributed by atoms with Gasteiger partial charge in [0.25, 0.3) is 0 Å². The third kappa shape index (κ3) is 5.08. The molecule has 0 bridgehead atoms. The maximum Gasteiger partial charge on any atom is 0.319 e. The highest BCUT2D eigenvalue weighted by Gasteiger charge is 2.14. The fourth-order valence-electron chi connectivity index (χ4n) is 2.68. The Morgan fingerprint density at radius 2 is 1.82 bits per heavy atom. The van der Waals surface area contributed by atoms with E-state index in [9.17, 15) is 14.3 Å². The van der Waals surface area contributed by atoms with Gasteiger partial charge >= 0.3 is 6.03 Å². The molecule has 0 heterocycles. The summed E-state index contributed by atoms with van der Waals surface area (Å²) in [7, 11) is 0. The number of amides is 2. The van der Waals surface area contributed by atoms with Crippen molar-refractivity contribution in [2.24, 2.45) is 0 Å². The molecule has 1 unspecified atom stereocenters. The van der Waals surface area contributed by atoms with Crippen LogP contribution in [0.15, 0.2) is 72.8 Å². The van der Waals surface area contributed by atoms with Crippen LogP contribution in [0.1, 0.15) is 17.2 Å². The van der Waals surface area contributed by atoms with Gasteiger partial charge in [-0.25, -0.2) is 9.18 Å². The molecule has 0 aromatic heterocycles. The van der Waals surface area contributed by atoms with Crippen molar-refractivity contribution >= 4 is 11.7 Å². The largest absolute Gasteiger partial charge is 0.455 e. The Labute approximate surface area is 162 Å². The fraction of sp³-hybridized carbons (Fsp3) is 0.136. The van der Waals surface area contributed by atoms with Gasteiger partial charge in [0.1, 0.15) is 11.6 Å². The van der Waals surface area contributed by atoms with Gasteiger partial charge in [-0.1, -0.05) is 42.5 Å². The zero-order valence-corrected chi connectivity index (χ0v) is 15.4. The molecule has 0 aliphatic carbocycles. The molecule has 0 aliphatic heterocycles. The second-order valence-corrected chi connectivity index (χ2v) is 6.29. The summed E-state index contributed by atoms with van der Waals surface area (Å²) in [6.07, 6.45) is -1.15. The summed E-state index contributed by atoms with van der Waals surface area (Å²) in [5, 5.41) is 15.3. The molecule has 144 valence electrons. The van der Waals surface area contributed by atoms with Crippen LogP contribution in [-0.4, -0.2) is 17.7 Å². The van der Waals surface area contributed by atoms with E-state index in [1.807, 2.05) is 31.2 Å². The summed E-state index contributed by atoms with van der Waals surface area (Å²) in [6, 6.07) is 20.0. The highest BCUT2D eigenvalue weighted by atomic mass is 19.1. The molecule has 0 radical (unpaired) electrons.